The molecule has 0 saturated heterocycles. The van der Waals surface area contributed by atoms with E-state index in [1.807, 2.05) is 0 Å². The van der Waals surface area contributed by atoms with Crippen molar-refractivity contribution < 1.29 is 28.9 Å². The van der Waals surface area contributed by atoms with Crippen LogP contribution in [0.4, 0.5) is 4.79 Å². The first kappa shape index (κ1) is 19.6. The Hall–Kier alpha value is -2.44. The van der Waals surface area contributed by atoms with Crippen molar-refractivity contribution in [3.05, 3.63) is 23.8 Å². The van der Waals surface area contributed by atoms with Gasteiger partial charge in [-0.1, -0.05) is 6.07 Å². The molecule has 7 heteroatoms. The second kappa shape index (κ2) is 7.42. The number of methoxy groups -OCH3 is 2. The summed E-state index contributed by atoms with van der Waals surface area (Å²) >= 11 is 0. The number of carboxylic acids is 1. The summed E-state index contributed by atoms with van der Waals surface area (Å²) in [7, 11) is 3.01. The van der Waals surface area contributed by atoms with Crippen LogP contribution in [0.2, 0.25) is 0 Å². The minimum atomic E-state index is -1.53. The maximum atomic E-state index is 12.0. The predicted octanol–water partition coefficient (Wildman–Crippen LogP) is 2.61. The van der Waals surface area contributed by atoms with Crippen molar-refractivity contribution in [2.45, 2.75) is 45.3 Å². The molecule has 134 valence electrons. The molecule has 1 aromatic carbocycles. The maximum Gasteiger partial charge on any atom is 0.408 e. The number of carbonyl (C=O) groups excluding carboxylic acids is 1. The van der Waals surface area contributed by atoms with E-state index in [1.54, 1.807) is 39.0 Å². The van der Waals surface area contributed by atoms with Crippen LogP contribution in [0.15, 0.2) is 18.2 Å². The van der Waals surface area contributed by atoms with E-state index in [1.165, 1.54) is 21.1 Å². The zero-order valence-corrected chi connectivity index (χ0v) is 14.9. The number of rotatable bonds is 6. The molecule has 1 atom stereocenters. The normalized spacial score (nSPS) is 13.6. The first-order chi connectivity index (χ1) is 11.0. The predicted molar refractivity (Wildman–Crippen MR) is 88.7 cm³/mol. The minimum absolute atomic E-state index is 0.0575. The number of carbonyl (C=O) groups is 2. The molecule has 0 aliphatic rings. The highest BCUT2D eigenvalue weighted by molar-refractivity contribution is 5.84. The van der Waals surface area contributed by atoms with E-state index >= 15 is 0 Å². The number of carboxylic acid groups (broad SMARTS) is 1. The summed E-state index contributed by atoms with van der Waals surface area (Å²) in [6.07, 6.45) is -0.727. The number of ether oxygens (including phenoxy) is 3. The van der Waals surface area contributed by atoms with Crippen LogP contribution >= 0.6 is 0 Å². The number of amides is 1. The van der Waals surface area contributed by atoms with Crippen LogP contribution < -0.4 is 14.8 Å². The van der Waals surface area contributed by atoms with Crippen molar-refractivity contribution in [2.24, 2.45) is 0 Å². The van der Waals surface area contributed by atoms with Gasteiger partial charge in [0.05, 0.1) is 14.2 Å². The van der Waals surface area contributed by atoms with Gasteiger partial charge in [0.25, 0.3) is 0 Å². The van der Waals surface area contributed by atoms with Gasteiger partial charge >= 0.3 is 12.1 Å². The van der Waals surface area contributed by atoms with Gasteiger partial charge in [-0.25, -0.2) is 9.59 Å². The van der Waals surface area contributed by atoms with Gasteiger partial charge in [0.1, 0.15) is 11.1 Å². The maximum absolute atomic E-state index is 12.0. The van der Waals surface area contributed by atoms with Crippen LogP contribution in [-0.4, -0.2) is 42.5 Å². The summed E-state index contributed by atoms with van der Waals surface area (Å²) in [4.78, 5) is 23.6. The number of hydrogen-bond donors (Lipinski definition) is 2. The monoisotopic (exact) mass is 339 g/mol. The van der Waals surface area contributed by atoms with Crippen molar-refractivity contribution >= 4 is 12.1 Å². The third-order valence-electron chi connectivity index (χ3n) is 3.25. The van der Waals surface area contributed by atoms with Gasteiger partial charge in [0, 0.05) is 6.42 Å². The lowest BCUT2D eigenvalue weighted by atomic mass is 9.93. The van der Waals surface area contributed by atoms with E-state index in [0.29, 0.717) is 17.1 Å². The van der Waals surface area contributed by atoms with Crippen LogP contribution in [0.25, 0.3) is 0 Å². The molecule has 0 unspecified atom stereocenters. The van der Waals surface area contributed by atoms with E-state index in [2.05, 4.69) is 5.32 Å². The molecule has 2 N–H and O–H groups in total. The van der Waals surface area contributed by atoms with Gasteiger partial charge in [-0.2, -0.15) is 0 Å². The summed E-state index contributed by atoms with van der Waals surface area (Å²) in [6, 6.07) is 5.08. The van der Waals surface area contributed by atoms with E-state index in [4.69, 9.17) is 14.2 Å². The van der Waals surface area contributed by atoms with E-state index in [0.717, 1.165) is 0 Å². The molecular weight excluding hydrogens is 314 g/mol. The fourth-order valence-electron chi connectivity index (χ4n) is 2.10. The molecule has 0 fully saturated rings. The molecule has 1 aromatic rings. The van der Waals surface area contributed by atoms with Crippen LogP contribution in [0.1, 0.15) is 33.3 Å². The molecule has 0 heterocycles. The van der Waals surface area contributed by atoms with Gasteiger partial charge in [0.2, 0.25) is 0 Å². The Morgan fingerprint density at radius 3 is 2.12 bits per heavy atom. The summed E-state index contributed by atoms with van der Waals surface area (Å²) < 4.78 is 15.5. The second-order valence-electron chi connectivity index (χ2n) is 6.63. The second-order valence-corrected chi connectivity index (χ2v) is 6.63. The molecule has 24 heavy (non-hydrogen) atoms. The highest BCUT2D eigenvalue weighted by Gasteiger charge is 2.36. The van der Waals surface area contributed by atoms with Gasteiger partial charge in [0.15, 0.2) is 11.5 Å². The lowest BCUT2D eigenvalue weighted by Crippen LogP contribution is -2.54. The Balaban J connectivity index is 3.00. The van der Waals surface area contributed by atoms with Crippen LogP contribution in [0.3, 0.4) is 0 Å². The summed E-state index contributed by atoms with van der Waals surface area (Å²) in [6.45, 7) is 6.55. The van der Waals surface area contributed by atoms with E-state index in [9.17, 15) is 14.7 Å². The highest BCUT2D eigenvalue weighted by atomic mass is 16.6. The Kier molecular flexibility index (Phi) is 6.06. The topological polar surface area (TPSA) is 94.1 Å². The molecule has 0 bridgehead atoms. The average Bonchev–Trinajstić information content (AvgIpc) is 2.44. The smallest absolute Gasteiger partial charge is 0.408 e. The molecule has 0 aliphatic heterocycles. The van der Waals surface area contributed by atoms with E-state index < -0.39 is 23.2 Å². The first-order valence-electron chi connectivity index (χ1n) is 7.46. The Labute approximate surface area is 141 Å². The van der Waals surface area contributed by atoms with Crippen molar-refractivity contribution in [1.29, 1.82) is 0 Å². The summed E-state index contributed by atoms with van der Waals surface area (Å²) in [5, 5.41) is 12.0. The molecule has 0 saturated carbocycles. The van der Waals surface area contributed by atoms with Crippen LogP contribution in [-0.2, 0) is 16.0 Å². The van der Waals surface area contributed by atoms with Gasteiger partial charge in [-0.05, 0) is 45.4 Å². The van der Waals surface area contributed by atoms with Crippen molar-refractivity contribution in [3.63, 3.8) is 0 Å². The zero-order valence-electron chi connectivity index (χ0n) is 14.9. The Bertz CT molecular complexity index is 608. The number of hydrogen-bond acceptors (Lipinski definition) is 5. The zero-order chi connectivity index (χ0) is 18.5. The average molecular weight is 339 g/mol. The quantitative estimate of drug-likeness (QED) is 0.827. The summed E-state index contributed by atoms with van der Waals surface area (Å²) in [5.41, 5.74) is -1.57. The van der Waals surface area contributed by atoms with Crippen molar-refractivity contribution in [3.8, 4) is 11.5 Å². The Morgan fingerprint density at radius 2 is 1.67 bits per heavy atom. The molecule has 0 radical (unpaired) electrons. The molecule has 1 amide bonds. The molecule has 0 aliphatic carbocycles. The lowest BCUT2D eigenvalue weighted by Gasteiger charge is -2.28. The standard InChI is InChI=1S/C17H25NO6/c1-16(2,3)24-15(21)18-17(4,14(19)20)10-11-7-8-12(22-5)13(9-11)23-6/h7-9H,10H2,1-6H3,(H,18,21)(H,19,20)/t17-/m0/s1. The van der Waals surface area contributed by atoms with E-state index in [-0.39, 0.29) is 6.42 Å². The number of alkyl carbamates (subject to hydrolysis) is 1. The molecular formula is C17H25NO6. The number of nitrogens with one attached hydrogen (secondary N) is 1. The van der Waals surface area contributed by atoms with Crippen LogP contribution in [0, 0.1) is 0 Å². The molecule has 0 aromatic heterocycles. The third-order valence-corrected chi connectivity index (χ3v) is 3.25. The van der Waals surface area contributed by atoms with Crippen molar-refractivity contribution in [2.75, 3.05) is 14.2 Å². The van der Waals surface area contributed by atoms with Gasteiger partial charge < -0.3 is 24.6 Å². The van der Waals surface area contributed by atoms with Crippen LogP contribution in [0.5, 0.6) is 11.5 Å². The minimum Gasteiger partial charge on any atom is -0.493 e. The molecule has 7 nitrogen and oxygen atoms in total. The van der Waals surface area contributed by atoms with Crippen molar-refractivity contribution in [1.82, 2.24) is 5.32 Å². The SMILES string of the molecule is COc1ccc(C[C@](C)(NC(=O)OC(C)(C)C)C(=O)O)cc1OC. The largest absolute Gasteiger partial charge is 0.493 e. The van der Waals surface area contributed by atoms with Gasteiger partial charge in [-0.15, -0.1) is 0 Å². The first-order valence-corrected chi connectivity index (χ1v) is 7.46. The molecule has 0 spiro atoms. The number of benzene rings is 1. The third kappa shape index (κ3) is 5.33. The summed E-state index contributed by atoms with van der Waals surface area (Å²) in [5.74, 6) is -0.137. The molecule has 1 rings (SSSR count). The highest BCUT2D eigenvalue weighted by Crippen LogP contribution is 2.29. The van der Waals surface area contributed by atoms with Gasteiger partial charge in [-0.3, -0.25) is 0 Å². The Morgan fingerprint density at radius 1 is 1.08 bits per heavy atom. The lowest BCUT2D eigenvalue weighted by molar-refractivity contribution is -0.144. The number of aliphatic carboxylic acids is 1. The fourth-order valence-corrected chi connectivity index (χ4v) is 2.10. The fraction of sp³-hybridized carbons (Fsp3) is 0.529.